The van der Waals surface area contributed by atoms with E-state index in [9.17, 15) is 4.79 Å². The smallest absolute Gasteiger partial charge is 0.224 e. The van der Waals surface area contributed by atoms with Gasteiger partial charge in [-0.05, 0) is 5.56 Å². The van der Waals surface area contributed by atoms with Crippen LogP contribution in [-0.4, -0.2) is 30.5 Å². The van der Waals surface area contributed by atoms with E-state index < -0.39 is 0 Å². The molecule has 0 radical (unpaired) electrons. The molecule has 3 aromatic rings. The number of nitrogens with one attached hydrogen (secondary N) is 1. The lowest BCUT2D eigenvalue weighted by molar-refractivity contribution is -0.125. The van der Waals surface area contributed by atoms with Crippen molar-refractivity contribution in [3.05, 3.63) is 66.5 Å². The summed E-state index contributed by atoms with van der Waals surface area (Å²) >= 11 is 0. The van der Waals surface area contributed by atoms with Gasteiger partial charge in [-0.25, -0.2) is 4.98 Å². The number of benzene rings is 1. The van der Waals surface area contributed by atoms with E-state index in [1.54, 1.807) is 17.2 Å². The van der Waals surface area contributed by atoms with Gasteiger partial charge in [0.1, 0.15) is 12.7 Å². The summed E-state index contributed by atoms with van der Waals surface area (Å²) in [7, 11) is 0. The van der Waals surface area contributed by atoms with Crippen molar-refractivity contribution in [2.75, 3.05) is 0 Å². The fourth-order valence-corrected chi connectivity index (χ4v) is 2.41. The second-order valence-corrected chi connectivity index (χ2v) is 5.77. The van der Waals surface area contributed by atoms with Crippen LogP contribution in [-0.2, 0) is 24.4 Å². The molecule has 2 aromatic heterocycles. The first kappa shape index (κ1) is 15.9. The Bertz CT molecular complexity index is 766. The van der Waals surface area contributed by atoms with Crippen LogP contribution in [0.1, 0.15) is 18.1 Å². The maximum absolute atomic E-state index is 12.1. The Morgan fingerprint density at radius 3 is 2.75 bits per heavy atom. The van der Waals surface area contributed by atoms with Crippen LogP contribution in [0, 0.1) is 5.92 Å². The fourth-order valence-electron chi connectivity index (χ4n) is 2.41. The molecule has 2 heterocycles. The fraction of sp³-hybridized carbons (Fsp3) is 0.294. The predicted molar refractivity (Wildman–Crippen MR) is 88.8 cm³/mol. The number of amides is 1. The van der Waals surface area contributed by atoms with Gasteiger partial charge < -0.3 is 5.32 Å². The van der Waals surface area contributed by atoms with Crippen molar-refractivity contribution in [3.63, 3.8) is 0 Å². The first-order valence-electron chi connectivity index (χ1n) is 7.86. The Morgan fingerprint density at radius 2 is 2.00 bits per heavy atom. The predicted octanol–water partition coefficient (Wildman–Crippen LogP) is 1.48. The minimum absolute atomic E-state index is 0.0127. The number of nitrogens with zero attached hydrogens (tertiary/aromatic N) is 5. The van der Waals surface area contributed by atoms with Crippen LogP contribution in [0.15, 0.2) is 55.4 Å². The van der Waals surface area contributed by atoms with E-state index in [1.807, 2.05) is 36.0 Å². The van der Waals surface area contributed by atoms with E-state index >= 15 is 0 Å². The molecule has 1 atom stereocenters. The lowest BCUT2D eigenvalue weighted by Crippen LogP contribution is -2.31. The maximum atomic E-state index is 12.1. The van der Waals surface area contributed by atoms with Crippen molar-refractivity contribution in [1.82, 2.24) is 29.9 Å². The van der Waals surface area contributed by atoms with Gasteiger partial charge >= 0.3 is 0 Å². The molecule has 3 rings (SSSR count). The molecule has 1 aromatic carbocycles. The first-order chi connectivity index (χ1) is 11.7. The van der Waals surface area contributed by atoms with Crippen LogP contribution in [0.2, 0.25) is 0 Å². The second-order valence-electron chi connectivity index (χ2n) is 5.77. The lowest BCUT2D eigenvalue weighted by atomic mass is 10.1. The maximum Gasteiger partial charge on any atom is 0.224 e. The summed E-state index contributed by atoms with van der Waals surface area (Å²) in [5.74, 6) is -0.188. The number of hydrogen-bond donors (Lipinski definition) is 1. The first-order valence-corrected chi connectivity index (χ1v) is 7.86. The SMILES string of the molecule is C[C@@H](Cn1cncn1)C(=O)NCc1cnn(Cc2ccccc2)c1. The third kappa shape index (κ3) is 4.28. The van der Waals surface area contributed by atoms with Gasteiger partial charge in [-0.15, -0.1) is 0 Å². The summed E-state index contributed by atoms with van der Waals surface area (Å²) in [5, 5.41) is 11.3. The Kier molecular flexibility index (Phi) is 5.00. The van der Waals surface area contributed by atoms with Crippen molar-refractivity contribution in [1.29, 1.82) is 0 Å². The van der Waals surface area contributed by atoms with Crippen LogP contribution >= 0.6 is 0 Å². The molecule has 1 N–H and O–H groups in total. The highest BCUT2D eigenvalue weighted by Crippen LogP contribution is 2.05. The van der Waals surface area contributed by atoms with Crippen molar-refractivity contribution in [2.45, 2.75) is 26.6 Å². The van der Waals surface area contributed by atoms with Crippen LogP contribution in [0.25, 0.3) is 0 Å². The molecule has 24 heavy (non-hydrogen) atoms. The molecule has 7 nitrogen and oxygen atoms in total. The topological polar surface area (TPSA) is 77.6 Å². The molecule has 7 heteroatoms. The Hall–Kier alpha value is -2.96. The molecule has 0 aliphatic heterocycles. The quantitative estimate of drug-likeness (QED) is 0.714. The number of hydrogen-bond acceptors (Lipinski definition) is 4. The molecule has 0 saturated heterocycles. The van der Waals surface area contributed by atoms with Crippen LogP contribution in [0.3, 0.4) is 0 Å². The zero-order chi connectivity index (χ0) is 16.8. The third-order valence-electron chi connectivity index (χ3n) is 3.72. The van der Waals surface area contributed by atoms with E-state index in [4.69, 9.17) is 0 Å². The molecule has 0 aliphatic carbocycles. The van der Waals surface area contributed by atoms with Crippen LogP contribution < -0.4 is 5.32 Å². The molecular formula is C17H20N6O. The average Bonchev–Trinajstić information content (AvgIpc) is 3.25. The molecule has 0 aliphatic rings. The van der Waals surface area contributed by atoms with Crippen LogP contribution in [0.5, 0.6) is 0 Å². The van der Waals surface area contributed by atoms with Crippen molar-refractivity contribution < 1.29 is 4.79 Å². The van der Waals surface area contributed by atoms with Gasteiger partial charge in [0.25, 0.3) is 0 Å². The standard InChI is InChI=1S/C17H20N6O/c1-14(9-23-13-18-12-21-23)17(24)19-7-16-8-20-22(11-16)10-15-5-3-2-4-6-15/h2-6,8,11-14H,7,9-10H2,1H3,(H,19,24)/t14-/m0/s1. The van der Waals surface area contributed by atoms with E-state index in [0.29, 0.717) is 13.1 Å². The third-order valence-corrected chi connectivity index (χ3v) is 3.72. The van der Waals surface area contributed by atoms with Gasteiger partial charge in [-0.2, -0.15) is 10.2 Å². The summed E-state index contributed by atoms with van der Waals surface area (Å²) in [6.45, 7) is 3.57. The van der Waals surface area contributed by atoms with Gasteiger partial charge in [0.15, 0.2) is 0 Å². The van der Waals surface area contributed by atoms with Gasteiger partial charge in [0.2, 0.25) is 5.91 Å². The van der Waals surface area contributed by atoms with Crippen molar-refractivity contribution >= 4 is 5.91 Å². The van der Waals surface area contributed by atoms with Gasteiger partial charge in [0, 0.05) is 18.3 Å². The van der Waals surface area contributed by atoms with Crippen molar-refractivity contribution in [3.8, 4) is 0 Å². The normalized spacial score (nSPS) is 12.0. The minimum atomic E-state index is -0.175. The highest BCUT2D eigenvalue weighted by atomic mass is 16.1. The molecule has 1 amide bonds. The van der Waals surface area contributed by atoms with Gasteiger partial charge in [-0.3, -0.25) is 14.2 Å². The van der Waals surface area contributed by atoms with E-state index in [0.717, 1.165) is 12.1 Å². The monoisotopic (exact) mass is 324 g/mol. The number of aromatic nitrogens is 5. The average molecular weight is 324 g/mol. The number of carbonyl (C=O) groups excluding carboxylic acids is 1. The molecule has 0 saturated carbocycles. The minimum Gasteiger partial charge on any atom is -0.352 e. The Morgan fingerprint density at radius 1 is 1.17 bits per heavy atom. The lowest BCUT2D eigenvalue weighted by Gasteiger charge is -2.11. The molecule has 124 valence electrons. The summed E-state index contributed by atoms with van der Waals surface area (Å²) in [6, 6.07) is 10.1. The summed E-state index contributed by atoms with van der Waals surface area (Å²) < 4.78 is 3.53. The molecule has 0 fully saturated rings. The summed E-state index contributed by atoms with van der Waals surface area (Å²) in [6.07, 6.45) is 6.81. The largest absolute Gasteiger partial charge is 0.352 e. The Balaban J connectivity index is 1.49. The van der Waals surface area contributed by atoms with E-state index in [1.165, 1.54) is 11.9 Å². The molecular weight excluding hydrogens is 304 g/mol. The molecule has 0 spiro atoms. The Labute approximate surface area is 140 Å². The number of rotatable bonds is 7. The second kappa shape index (κ2) is 7.54. The van der Waals surface area contributed by atoms with E-state index in [-0.39, 0.29) is 11.8 Å². The van der Waals surface area contributed by atoms with Gasteiger partial charge in [0.05, 0.1) is 25.2 Å². The highest BCUT2D eigenvalue weighted by Gasteiger charge is 2.13. The van der Waals surface area contributed by atoms with Crippen LogP contribution in [0.4, 0.5) is 0 Å². The van der Waals surface area contributed by atoms with Gasteiger partial charge in [-0.1, -0.05) is 37.3 Å². The zero-order valence-electron chi connectivity index (χ0n) is 13.5. The molecule has 0 unspecified atom stereocenters. The molecule has 0 bridgehead atoms. The van der Waals surface area contributed by atoms with Crippen molar-refractivity contribution in [2.24, 2.45) is 5.92 Å². The zero-order valence-corrected chi connectivity index (χ0v) is 13.5. The highest BCUT2D eigenvalue weighted by molar-refractivity contribution is 5.78. The van der Waals surface area contributed by atoms with E-state index in [2.05, 4.69) is 32.6 Å². The summed E-state index contributed by atoms with van der Waals surface area (Å²) in [5.41, 5.74) is 2.17. The number of carbonyl (C=O) groups is 1. The summed E-state index contributed by atoms with van der Waals surface area (Å²) in [4.78, 5) is 16.0.